The van der Waals surface area contributed by atoms with E-state index < -0.39 is 11.8 Å². The minimum atomic E-state index is -0.758. The van der Waals surface area contributed by atoms with Crippen molar-refractivity contribution in [3.8, 4) is 11.8 Å². The van der Waals surface area contributed by atoms with Crippen LogP contribution in [-0.2, 0) is 9.59 Å². The van der Waals surface area contributed by atoms with E-state index in [1.54, 1.807) is 44.2 Å². The lowest BCUT2D eigenvalue weighted by atomic mass is 9.85. The zero-order valence-corrected chi connectivity index (χ0v) is 22.4. The monoisotopic (exact) mass is 528 g/mol. The van der Waals surface area contributed by atoms with Crippen LogP contribution in [0.15, 0.2) is 87.0 Å². The fourth-order valence-electron chi connectivity index (χ4n) is 4.20. The number of amides is 2. The molecule has 0 radical (unpaired) electrons. The number of para-hydroxylation sites is 3. The van der Waals surface area contributed by atoms with Gasteiger partial charge in [-0.3, -0.25) is 9.59 Å². The van der Waals surface area contributed by atoms with Crippen molar-refractivity contribution in [1.82, 2.24) is 5.32 Å². The minimum Gasteiger partial charge on any atom is -0.495 e. The van der Waals surface area contributed by atoms with Gasteiger partial charge in [0, 0.05) is 11.4 Å². The highest BCUT2D eigenvalue weighted by Gasteiger charge is 2.37. The van der Waals surface area contributed by atoms with Crippen LogP contribution in [0.5, 0.6) is 5.75 Å². The van der Waals surface area contributed by atoms with Gasteiger partial charge in [-0.15, -0.1) is 0 Å². The first kappa shape index (κ1) is 26.6. The van der Waals surface area contributed by atoms with Crippen LogP contribution >= 0.6 is 11.8 Å². The van der Waals surface area contributed by atoms with Gasteiger partial charge in [0.05, 0.1) is 46.7 Å². The van der Waals surface area contributed by atoms with Gasteiger partial charge in [0.25, 0.3) is 5.91 Å². The Morgan fingerprint density at radius 2 is 1.74 bits per heavy atom. The van der Waals surface area contributed by atoms with E-state index in [0.29, 0.717) is 44.8 Å². The number of benzene rings is 2. The predicted octanol–water partition coefficient (Wildman–Crippen LogP) is 5.61. The van der Waals surface area contributed by atoms with Gasteiger partial charge in [-0.2, -0.15) is 5.26 Å². The van der Waals surface area contributed by atoms with Crippen molar-refractivity contribution in [2.24, 2.45) is 0 Å². The Morgan fingerprint density at radius 3 is 2.39 bits per heavy atom. The Hall–Kier alpha value is -4.42. The molecule has 0 spiro atoms. The first-order chi connectivity index (χ1) is 18.3. The summed E-state index contributed by atoms with van der Waals surface area (Å²) in [5.41, 5.74) is 3.39. The van der Waals surface area contributed by atoms with Gasteiger partial charge < -0.3 is 25.1 Å². The van der Waals surface area contributed by atoms with Crippen LogP contribution in [0, 0.1) is 25.2 Å². The SMILES string of the molecule is COc1ccccc1NC(=O)C1=C(C)NC(SCC(=O)Nc2ccccc2C)=C(C#N)C1c1ccc(C)o1. The maximum absolute atomic E-state index is 13.6. The summed E-state index contributed by atoms with van der Waals surface area (Å²) in [4.78, 5) is 26.3. The second kappa shape index (κ2) is 11.8. The van der Waals surface area contributed by atoms with E-state index in [-0.39, 0.29) is 11.7 Å². The number of hydrogen-bond donors (Lipinski definition) is 3. The number of nitrogens with one attached hydrogen (secondary N) is 3. The molecule has 1 aliphatic heterocycles. The number of nitriles is 1. The molecule has 0 fully saturated rings. The average Bonchev–Trinajstić information content (AvgIpc) is 3.34. The van der Waals surface area contributed by atoms with Crippen LogP contribution in [0.2, 0.25) is 0 Å². The summed E-state index contributed by atoms with van der Waals surface area (Å²) in [7, 11) is 1.53. The van der Waals surface area contributed by atoms with Crippen LogP contribution in [-0.4, -0.2) is 24.7 Å². The number of hydrogen-bond acceptors (Lipinski definition) is 7. The normalized spacial score (nSPS) is 15.0. The van der Waals surface area contributed by atoms with Gasteiger partial charge in [-0.1, -0.05) is 42.1 Å². The number of ether oxygens (including phenoxy) is 1. The lowest BCUT2D eigenvalue weighted by Gasteiger charge is -2.28. The van der Waals surface area contributed by atoms with Gasteiger partial charge in [0.1, 0.15) is 17.3 Å². The third kappa shape index (κ3) is 5.76. The van der Waals surface area contributed by atoms with E-state index >= 15 is 0 Å². The molecule has 1 atom stereocenters. The molecule has 1 aromatic heterocycles. The number of methoxy groups -OCH3 is 1. The summed E-state index contributed by atoms with van der Waals surface area (Å²) < 4.78 is 11.3. The summed E-state index contributed by atoms with van der Waals surface area (Å²) in [5, 5.41) is 19.7. The smallest absolute Gasteiger partial charge is 0.254 e. The van der Waals surface area contributed by atoms with Crippen molar-refractivity contribution in [2.75, 3.05) is 23.5 Å². The van der Waals surface area contributed by atoms with E-state index in [1.165, 1.54) is 18.9 Å². The largest absolute Gasteiger partial charge is 0.495 e. The molecule has 9 heteroatoms. The zero-order valence-electron chi connectivity index (χ0n) is 21.5. The Balaban J connectivity index is 1.63. The molecular weight excluding hydrogens is 500 g/mol. The second-order valence-electron chi connectivity index (χ2n) is 8.71. The summed E-state index contributed by atoms with van der Waals surface area (Å²) in [6.45, 7) is 5.49. The van der Waals surface area contributed by atoms with Crippen molar-refractivity contribution < 1.29 is 18.7 Å². The molecule has 3 N–H and O–H groups in total. The highest BCUT2D eigenvalue weighted by molar-refractivity contribution is 8.03. The fourth-order valence-corrected chi connectivity index (χ4v) is 5.09. The summed E-state index contributed by atoms with van der Waals surface area (Å²) in [5.74, 6) is 0.348. The third-order valence-electron chi connectivity index (χ3n) is 6.06. The Labute approximate surface area is 225 Å². The molecule has 2 amide bonds. The first-order valence-electron chi connectivity index (χ1n) is 11.9. The van der Waals surface area contributed by atoms with E-state index in [0.717, 1.165) is 11.3 Å². The molecule has 8 nitrogen and oxygen atoms in total. The molecule has 0 aliphatic carbocycles. The van der Waals surface area contributed by atoms with E-state index in [4.69, 9.17) is 9.15 Å². The first-order valence-corrected chi connectivity index (χ1v) is 12.9. The van der Waals surface area contributed by atoms with E-state index in [2.05, 4.69) is 22.0 Å². The lowest BCUT2D eigenvalue weighted by Crippen LogP contribution is -2.31. The molecule has 0 saturated carbocycles. The molecule has 4 rings (SSSR count). The molecule has 38 heavy (non-hydrogen) atoms. The van der Waals surface area contributed by atoms with Crippen LogP contribution in [0.25, 0.3) is 0 Å². The summed E-state index contributed by atoms with van der Waals surface area (Å²) in [6.07, 6.45) is 0. The van der Waals surface area contributed by atoms with Crippen molar-refractivity contribution in [3.05, 3.63) is 99.6 Å². The third-order valence-corrected chi connectivity index (χ3v) is 7.08. The molecule has 3 aromatic rings. The van der Waals surface area contributed by atoms with Gasteiger partial charge in [-0.25, -0.2) is 0 Å². The molecule has 0 saturated heterocycles. The van der Waals surface area contributed by atoms with Crippen LogP contribution < -0.4 is 20.7 Å². The van der Waals surface area contributed by atoms with Gasteiger partial charge in [0.15, 0.2) is 0 Å². The maximum Gasteiger partial charge on any atom is 0.254 e. The maximum atomic E-state index is 13.6. The standard InChI is InChI=1S/C29H28N4O4S/c1-17-9-5-6-10-21(17)32-25(34)16-38-29-20(15-30)27(24-14-13-18(2)37-24)26(19(3)31-29)28(35)33-22-11-7-8-12-23(22)36-4/h5-14,27,31H,16H2,1-4H3,(H,32,34)(H,33,35). The number of furan rings is 1. The number of rotatable bonds is 8. The number of carbonyl (C=O) groups is 2. The summed E-state index contributed by atoms with van der Waals surface area (Å²) in [6, 6.07) is 20.4. The fraction of sp³-hybridized carbons (Fsp3) is 0.207. The molecular formula is C29H28N4O4S. The highest BCUT2D eigenvalue weighted by atomic mass is 32.2. The Kier molecular flexibility index (Phi) is 8.24. The van der Waals surface area contributed by atoms with E-state index in [9.17, 15) is 14.9 Å². The minimum absolute atomic E-state index is 0.0712. The van der Waals surface area contributed by atoms with Crippen LogP contribution in [0.1, 0.15) is 29.9 Å². The molecule has 2 aromatic carbocycles. The molecule has 194 valence electrons. The van der Waals surface area contributed by atoms with Crippen LogP contribution in [0.3, 0.4) is 0 Å². The number of allylic oxidation sites excluding steroid dienone is 2. The molecule has 0 bridgehead atoms. The molecule has 1 unspecified atom stereocenters. The molecule has 1 aliphatic rings. The molecule has 2 heterocycles. The van der Waals surface area contributed by atoms with Gasteiger partial charge in [0.2, 0.25) is 5.91 Å². The van der Waals surface area contributed by atoms with Crippen molar-refractivity contribution in [3.63, 3.8) is 0 Å². The number of thioether (sulfide) groups is 1. The van der Waals surface area contributed by atoms with Crippen molar-refractivity contribution in [2.45, 2.75) is 26.7 Å². The Bertz CT molecular complexity index is 1480. The summed E-state index contributed by atoms with van der Waals surface area (Å²) >= 11 is 1.20. The average molecular weight is 529 g/mol. The zero-order chi connectivity index (χ0) is 27.2. The lowest BCUT2D eigenvalue weighted by molar-refractivity contribution is -0.114. The quantitative estimate of drug-likeness (QED) is 0.348. The second-order valence-corrected chi connectivity index (χ2v) is 9.69. The van der Waals surface area contributed by atoms with E-state index in [1.807, 2.05) is 37.3 Å². The van der Waals surface area contributed by atoms with Crippen molar-refractivity contribution >= 4 is 35.0 Å². The number of anilines is 2. The highest BCUT2D eigenvalue weighted by Crippen LogP contribution is 2.42. The van der Waals surface area contributed by atoms with Gasteiger partial charge in [-0.05, 0) is 56.7 Å². The number of nitrogens with zero attached hydrogens (tertiary/aromatic N) is 1. The van der Waals surface area contributed by atoms with Gasteiger partial charge >= 0.3 is 0 Å². The number of dihydropyridines is 1. The Morgan fingerprint density at radius 1 is 1.03 bits per heavy atom. The van der Waals surface area contributed by atoms with Crippen molar-refractivity contribution in [1.29, 1.82) is 5.26 Å². The van der Waals surface area contributed by atoms with Crippen LogP contribution in [0.4, 0.5) is 11.4 Å². The predicted molar refractivity (Wildman–Crippen MR) is 149 cm³/mol. The number of carbonyl (C=O) groups excluding carboxylic acids is 2. The topological polar surface area (TPSA) is 116 Å². The number of aryl methyl sites for hydroxylation is 2.